The van der Waals surface area contributed by atoms with Crippen molar-refractivity contribution in [3.05, 3.63) is 48.0 Å². The maximum atomic E-state index is 12.3. The van der Waals surface area contributed by atoms with E-state index in [1.165, 1.54) is 14.0 Å². The Bertz CT molecular complexity index is 819. The fourth-order valence-electron chi connectivity index (χ4n) is 2.40. The lowest BCUT2D eigenvalue weighted by Crippen LogP contribution is -2.30. The molecule has 136 valence electrons. The molecule has 2 aromatic rings. The Morgan fingerprint density at radius 1 is 1.08 bits per heavy atom. The smallest absolute Gasteiger partial charge is 0.339 e. The quantitative estimate of drug-likeness (QED) is 0.829. The first kappa shape index (κ1) is 17.6. The molecule has 1 aliphatic rings. The van der Waals surface area contributed by atoms with Gasteiger partial charge in [-0.3, -0.25) is 4.79 Å². The van der Waals surface area contributed by atoms with Crippen LogP contribution in [0.1, 0.15) is 17.3 Å². The number of rotatable bonds is 5. The minimum Gasteiger partial charge on any atom is -0.497 e. The highest BCUT2D eigenvalue weighted by Gasteiger charge is 2.20. The topological polar surface area (TPSA) is 83.1 Å². The zero-order chi connectivity index (χ0) is 18.5. The largest absolute Gasteiger partial charge is 0.497 e. The molecule has 7 nitrogen and oxygen atoms in total. The number of esters is 1. The van der Waals surface area contributed by atoms with E-state index in [1.807, 2.05) is 0 Å². The zero-order valence-electron chi connectivity index (χ0n) is 14.5. The van der Waals surface area contributed by atoms with Gasteiger partial charge in [0.2, 0.25) is 0 Å². The number of carbonyl (C=O) groups is 2. The number of hydrogen-bond acceptors (Lipinski definition) is 6. The number of nitrogens with one attached hydrogen (secondary N) is 1. The van der Waals surface area contributed by atoms with Gasteiger partial charge in [-0.25, -0.2) is 4.79 Å². The number of ether oxygens (including phenoxy) is 4. The average molecular weight is 357 g/mol. The fraction of sp³-hybridized carbons (Fsp3) is 0.263. The first-order valence-corrected chi connectivity index (χ1v) is 8.12. The summed E-state index contributed by atoms with van der Waals surface area (Å²) in [6, 6.07) is 11.6. The average Bonchev–Trinajstić information content (AvgIpc) is 2.67. The Kier molecular flexibility index (Phi) is 5.26. The minimum atomic E-state index is -0.970. The van der Waals surface area contributed by atoms with Gasteiger partial charge in [-0.05, 0) is 37.3 Å². The maximum Gasteiger partial charge on any atom is 0.339 e. The van der Waals surface area contributed by atoms with Gasteiger partial charge in [0.15, 0.2) is 17.6 Å². The van der Waals surface area contributed by atoms with E-state index in [0.717, 1.165) is 0 Å². The number of fused-ring (bicyclic) bond motifs is 1. The third kappa shape index (κ3) is 4.05. The highest BCUT2D eigenvalue weighted by molar-refractivity contribution is 5.97. The van der Waals surface area contributed by atoms with Gasteiger partial charge in [0.05, 0.1) is 12.7 Å². The van der Waals surface area contributed by atoms with E-state index >= 15 is 0 Å². The molecule has 1 N–H and O–H groups in total. The van der Waals surface area contributed by atoms with Crippen LogP contribution in [0.2, 0.25) is 0 Å². The van der Waals surface area contributed by atoms with Crippen LogP contribution >= 0.6 is 0 Å². The van der Waals surface area contributed by atoms with Gasteiger partial charge in [-0.2, -0.15) is 0 Å². The van der Waals surface area contributed by atoms with Crippen molar-refractivity contribution in [1.29, 1.82) is 0 Å². The lowest BCUT2D eigenvalue weighted by Gasteiger charge is -2.19. The van der Waals surface area contributed by atoms with E-state index in [-0.39, 0.29) is 0 Å². The molecule has 3 rings (SSSR count). The van der Waals surface area contributed by atoms with Crippen LogP contribution in [0.5, 0.6) is 17.2 Å². The van der Waals surface area contributed by atoms with E-state index in [0.29, 0.717) is 41.7 Å². The molecule has 0 saturated heterocycles. The van der Waals surface area contributed by atoms with Crippen LogP contribution < -0.4 is 19.5 Å². The van der Waals surface area contributed by atoms with Gasteiger partial charge in [-0.1, -0.05) is 6.07 Å². The molecule has 7 heteroatoms. The molecule has 0 aliphatic carbocycles. The van der Waals surface area contributed by atoms with Crippen molar-refractivity contribution in [1.82, 2.24) is 0 Å². The summed E-state index contributed by atoms with van der Waals surface area (Å²) < 4.78 is 21.2. The Balaban J connectivity index is 1.61. The standard InChI is InChI=1S/C19H19NO6/c1-12(26-19(22)13-4-3-5-15(10-13)23-2)18(21)20-14-6-7-16-17(11-14)25-9-8-24-16/h3-7,10-12H,8-9H2,1-2H3,(H,20,21). The molecular weight excluding hydrogens is 338 g/mol. The highest BCUT2D eigenvalue weighted by Crippen LogP contribution is 2.32. The summed E-state index contributed by atoms with van der Waals surface area (Å²) in [5, 5.41) is 2.69. The van der Waals surface area contributed by atoms with E-state index in [4.69, 9.17) is 18.9 Å². The van der Waals surface area contributed by atoms with Gasteiger partial charge >= 0.3 is 5.97 Å². The summed E-state index contributed by atoms with van der Waals surface area (Å²) in [5.41, 5.74) is 0.840. The number of methoxy groups -OCH3 is 1. The number of amides is 1. The molecule has 1 atom stereocenters. The van der Waals surface area contributed by atoms with Crippen LogP contribution in [0.4, 0.5) is 5.69 Å². The molecule has 1 unspecified atom stereocenters. The molecule has 0 aromatic heterocycles. The second kappa shape index (κ2) is 7.77. The lowest BCUT2D eigenvalue weighted by atomic mass is 10.2. The van der Waals surface area contributed by atoms with Gasteiger partial charge in [0.25, 0.3) is 5.91 Å². The number of anilines is 1. The summed E-state index contributed by atoms with van der Waals surface area (Å²) >= 11 is 0. The molecule has 1 heterocycles. The van der Waals surface area contributed by atoms with E-state index in [2.05, 4.69) is 5.32 Å². The number of hydrogen-bond donors (Lipinski definition) is 1. The fourth-order valence-corrected chi connectivity index (χ4v) is 2.40. The monoisotopic (exact) mass is 357 g/mol. The summed E-state index contributed by atoms with van der Waals surface area (Å²) in [6.45, 7) is 2.46. The second-order valence-corrected chi connectivity index (χ2v) is 5.63. The van der Waals surface area contributed by atoms with Crippen LogP contribution in [0.15, 0.2) is 42.5 Å². The Labute approximate surface area is 150 Å². The van der Waals surface area contributed by atoms with E-state index in [9.17, 15) is 9.59 Å². The Morgan fingerprint density at radius 3 is 2.62 bits per heavy atom. The molecule has 0 radical (unpaired) electrons. The molecule has 0 bridgehead atoms. The molecule has 26 heavy (non-hydrogen) atoms. The number of benzene rings is 2. The van der Waals surface area contributed by atoms with Gasteiger partial charge in [0, 0.05) is 11.8 Å². The molecule has 0 spiro atoms. The predicted molar refractivity (Wildman–Crippen MR) is 93.9 cm³/mol. The molecule has 2 aromatic carbocycles. The van der Waals surface area contributed by atoms with Gasteiger partial charge in [-0.15, -0.1) is 0 Å². The van der Waals surface area contributed by atoms with Crippen molar-refractivity contribution in [2.75, 3.05) is 25.6 Å². The first-order chi connectivity index (χ1) is 12.6. The lowest BCUT2D eigenvalue weighted by molar-refractivity contribution is -0.123. The van der Waals surface area contributed by atoms with Crippen molar-refractivity contribution in [2.24, 2.45) is 0 Å². The SMILES string of the molecule is COc1cccc(C(=O)OC(C)C(=O)Nc2ccc3c(c2)OCCO3)c1. The minimum absolute atomic E-state index is 0.309. The number of carbonyl (C=O) groups excluding carboxylic acids is 2. The Hall–Kier alpha value is -3.22. The second-order valence-electron chi connectivity index (χ2n) is 5.63. The van der Waals surface area contributed by atoms with E-state index in [1.54, 1.807) is 42.5 Å². The van der Waals surface area contributed by atoms with Crippen LogP contribution in [-0.4, -0.2) is 38.3 Å². The summed E-state index contributed by atoms with van der Waals surface area (Å²) in [6.07, 6.45) is -0.970. The van der Waals surface area contributed by atoms with Crippen LogP contribution in [0, 0.1) is 0 Å². The summed E-state index contributed by atoms with van der Waals surface area (Å²) in [7, 11) is 1.51. The Morgan fingerprint density at radius 2 is 1.85 bits per heavy atom. The van der Waals surface area contributed by atoms with Gasteiger partial charge in [0.1, 0.15) is 19.0 Å². The molecular formula is C19H19NO6. The van der Waals surface area contributed by atoms with Crippen molar-refractivity contribution in [3.8, 4) is 17.2 Å². The molecule has 0 fully saturated rings. The first-order valence-electron chi connectivity index (χ1n) is 8.12. The summed E-state index contributed by atoms with van der Waals surface area (Å²) in [4.78, 5) is 24.5. The van der Waals surface area contributed by atoms with Crippen molar-refractivity contribution in [3.63, 3.8) is 0 Å². The van der Waals surface area contributed by atoms with Crippen molar-refractivity contribution >= 4 is 17.6 Å². The van der Waals surface area contributed by atoms with E-state index < -0.39 is 18.0 Å². The highest BCUT2D eigenvalue weighted by atomic mass is 16.6. The van der Waals surface area contributed by atoms with Crippen molar-refractivity contribution < 1.29 is 28.5 Å². The molecule has 1 amide bonds. The molecule has 1 aliphatic heterocycles. The third-order valence-corrected chi connectivity index (χ3v) is 3.77. The van der Waals surface area contributed by atoms with Crippen LogP contribution in [-0.2, 0) is 9.53 Å². The van der Waals surface area contributed by atoms with Crippen LogP contribution in [0.25, 0.3) is 0 Å². The normalized spacial score (nSPS) is 13.5. The molecule has 0 saturated carbocycles. The summed E-state index contributed by atoms with van der Waals surface area (Å²) in [5.74, 6) is 0.682. The zero-order valence-corrected chi connectivity index (χ0v) is 14.5. The predicted octanol–water partition coefficient (Wildman–Crippen LogP) is 2.65. The third-order valence-electron chi connectivity index (χ3n) is 3.77. The van der Waals surface area contributed by atoms with Gasteiger partial charge < -0.3 is 24.3 Å². The maximum absolute atomic E-state index is 12.3. The van der Waals surface area contributed by atoms with Crippen LogP contribution in [0.3, 0.4) is 0 Å². The van der Waals surface area contributed by atoms with Crippen molar-refractivity contribution in [2.45, 2.75) is 13.0 Å².